The van der Waals surface area contributed by atoms with Gasteiger partial charge in [-0.2, -0.15) is 11.6 Å². The van der Waals surface area contributed by atoms with Gasteiger partial charge in [-0.05, 0) is 10.8 Å². The molecule has 0 saturated carbocycles. The molecule has 1 unspecified atom stereocenters. The second kappa shape index (κ2) is 5.63. The predicted molar refractivity (Wildman–Crippen MR) is 76.7 cm³/mol. The monoisotopic (exact) mass is 397 g/mol. The molecule has 0 aromatic rings. The van der Waals surface area contributed by atoms with Gasteiger partial charge in [0.15, 0.2) is 0 Å². The van der Waals surface area contributed by atoms with Crippen molar-refractivity contribution in [3.63, 3.8) is 0 Å². The van der Waals surface area contributed by atoms with E-state index in [4.69, 9.17) is 0 Å². The van der Waals surface area contributed by atoms with Crippen molar-refractivity contribution in [2.75, 3.05) is 0 Å². The van der Waals surface area contributed by atoms with Crippen molar-refractivity contribution in [2.45, 2.75) is 62.3 Å². The molecule has 18 heavy (non-hydrogen) atoms. The van der Waals surface area contributed by atoms with E-state index in [9.17, 15) is 0 Å². The van der Waals surface area contributed by atoms with E-state index < -0.39 is 0 Å². The summed E-state index contributed by atoms with van der Waals surface area (Å²) in [5.74, 6) is 0.450. The Labute approximate surface area is 145 Å². The second-order valence-electron chi connectivity index (χ2n) is 8.44. The minimum absolute atomic E-state index is 0. The molecular formula is C17H29Dy-. The van der Waals surface area contributed by atoms with Crippen molar-refractivity contribution in [1.29, 1.82) is 0 Å². The van der Waals surface area contributed by atoms with Crippen molar-refractivity contribution >= 4 is 0 Å². The molecule has 0 saturated heterocycles. The van der Waals surface area contributed by atoms with E-state index in [-0.39, 0.29) is 54.4 Å². The van der Waals surface area contributed by atoms with E-state index >= 15 is 0 Å². The summed E-state index contributed by atoms with van der Waals surface area (Å²) >= 11 is 0. The van der Waals surface area contributed by atoms with Crippen LogP contribution in [0.1, 0.15) is 62.3 Å². The first-order valence-corrected chi connectivity index (χ1v) is 6.70. The zero-order valence-corrected chi connectivity index (χ0v) is 15.5. The summed E-state index contributed by atoms with van der Waals surface area (Å²) in [7, 11) is 0. The van der Waals surface area contributed by atoms with E-state index in [0.717, 1.165) is 0 Å². The third kappa shape index (κ3) is 4.40. The molecule has 1 aliphatic carbocycles. The molecule has 108 valence electrons. The fourth-order valence-electron chi connectivity index (χ4n) is 2.24. The van der Waals surface area contributed by atoms with Crippen LogP contribution in [0, 0.1) is 66.4 Å². The molecule has 1 heteroatoms. The normalized spacial score (nSPS) is 21.3. The SMILES string of the molecule is CC(C)(C)C1=[C-]C(C(C)(C)C)C=C1C(C)(C)C.[Dy]. The summed E-state index contributed by atoms with van der Waals surface area (Å²) < 4.78 is 0. The van der Waals surface area contributed by atoms with Crippen molar-refractivity contribution in [3.05, 3.63) is 23.3 Å². The third-order valence-corrected chi connectivity index (χ3v) is 3.39. The summed E-state index contributed by atoms with van der Waals surface area (Å²) in [6.45, 7) is 20.7. The Morgan fingerprint density at radius 1 is 0.833 bits per heavy atom. The molecule has 0 radical (unpaired) electrons. The second-order valence-corrected chi connectivity index (χ2v) is 8.44. The summed E-state index contributed by atoms with van der Waals surface area (Å²) in [4.78, 5) is 0. The van der Waals surface area contributed by atoms with Crippen molar-refractivity contribution in [3.8, 4) is 0 Å². The van der Waals surface area contributed by atoms with Crippen LogP contribution in [-0.2, 0) is 0 Å². The molecule has 1 atom stereocenters. The van der Waals surface area contributed by atoms with Gasteiger partial charge in [0.05, 0.1) is 0 Å². The van der Waals surface area contributed by atoms with E-state index in [2.05, 4.69) is 74.5 Å². The predicted octanol–water partition coefficient (Wildman–Crippen LogP) is 5.41. The van der Waals surface area contributed by atoms with Gasteiger partial charge in [0.25, 0.3) is 0 Å². The van der Waals surface area contributed by atoms with Crippen molar-refractivity contribution in [2.24, 2.45) is 22.2 Å². The van der Waals surface area contributed by atoms with E-state index in [1.807, 2.05) is 0 Å². The van der Waals surface area contributed by atoms with Crippen LogP contribution in [0.15, 0.2) is 17.2 Å². The zero-order chi connectivity index (χ0) is 13.6. The number of rotatable bonds is 0. The molecule has 1 aliphatic rings. The first-order chi connectivity index (χ1) is 7.33. The van der Waals surface area contributed by atoms with Gasteiger partial charge in [0, 0.05) is 38.2 Å². The molecule has 0 heterocycles. The quantitative estimate of drug-likeness (QED) is 0.481. The topological polar surface area (TPSA) is 0 Å². The molecule has 0 bridgehead atoms. The van der Waals surface area contributed by atoms with Crippen LogP contribution in [0.5, 0.6) is 0 Å². The van der Waals surface area contributed by atoms with Gasteiger partial charge in [0.1, 0.15) is 0 Å². The Bertz CT molecular complexity index is 321. The van der Waals surface area contributed by atoms with E-state index in [1.54, 1.807) is 0 Å². The molecule has 0 aromatic carbocycles. The third-order valence-electron chi connectivity index (χ3n) is 3.39. The minimum atomic E-state index is 0. The van der Waals surface area contributed by atoms with Crippen LogP contribution in [0.4, 0.5) is 0 Å². The largest absolute Gasteiger partial charge is 0.265 e. The smallest absolute Gasteiger partial charge is 0 e. The first-order valence-electron chi connectivity index (χ1n) is 6.70. The maximum absolute atomic E-state index is 3.75. The van der Waals surface area contributed by atoms with Crippen LogP contribution >= 0.6 is 0 Å². The Hall–Kier alpha value is 0.753. The van der Waals surface area contributed by atoms with E-state index in [0.29, 0.717) is 5.92 Å². The minimum Gasteiger partial charge on any atom is -0.265 e. The van der Waals surface area contributed by atoms with Gasteiger partial charge in [-0.1, -0.05) is 73.6 Å². The molecule has 0 amide bonds. The first kappa shape index (κ1) is 18.8. The van der Waals surface area contributed by atoms with Gasteiger partial charge in [-0.15, -0.1) is 0 Å². The summed E-state index contributed by atoms with van der Waals surface area (Å²) in [5, 5.41) is 0. The average molecular weight is 396 g/mol. The summed E-state index contributed by atoms with van der Waals surface area (Å²) in [6.07, 6.45) is 6.20. The van der Waals surface area contributed by atoms with E-state index in [1.165, 1.54) is 11.1 Å². The average Bonchev–Trinajstić information content (AvgIpc) is 2.42. The standard InChI is InChI=1S/C17H29.Dy/c1-15(2,3)12-10-13(16(4,5)6)14(11-12)17(7,8)9;/h10,12H,1-9H3;/q-1;. The number of hydrogen-bond acceptors (Lipinski definition) is 0. The fourth-order valence-corrected chi connectivity index (χ4v) is 2.24. The van der Waals surface area contributed by atoms with Gasteiger partial charge >= 0.3 is 0 Å². The maximum Gasteiger partial charge on any atom is 0 e. The van der Waals surface area contributed by atoms with Crippen molar-refractivity contribution in [1.82, 2.24) is 0 Å². The molecule has 0 spiro atoms. The summed E-state index contributed by atoms with van der Waals surface area (Å²) in [6, 6.07) is 0. The Balaban J connectivity index is 0.00000289. The molecular weight excluding hydrogens is 367 g/mol. The van der Waals surface area contributed by atoms with Crippen LogP contribution in [-0.4, -0.2) is 0 Å². The molecule has 0 aliphatic heterocycles. The molecule has 0 aromatic heterocycles. The van der Waals surface area contributed by atoms with Gasteiger partial charge in [0.2, 0.25) is 0 Å². The Morgan fingerprint density at radius 3 is 1.50 bits per heavy atom. The fraction of sp³-hybridized carbons (Fsp3) is 0.765. The molecule has 1 rings (SSSR count). The number of hydrogen-bond donors (Lipinski definition) is 0. The maximum atomic E-state index is 3.75. The van der Waals surface area contributed by atoms with Gasteiger partial charge in [-0.3, -0.25) is 6.08 Å². The summed E-state index contributed by atoms with van der Waals surface area (Å²) in [5.41, 5.74) is 3.59. The van der Waals surface area contributed by atoms with Crippen LogP contribution < -0.4 is 0 Å². The molecule has 0 N–H and O–H groups in total. The van der Waals surface area contributed by atoms with Crippen LogP contribution in [0.3, 0.4) is 0 Å². The van der Waals surface area contributed by atoms with Gasteiger partial charge in [-0.25, -0.2) is 5.57 Å². The molecule has 0 fully saturated rings. The van der Waals surface area contributed by atoms with Crippen LogP contribution in [0.25, 0.3) is 0 Å². The zero-order valence-electron chi connectivity index (χ0n) is 13.5. The Morgan fingerprint density at radius 2 is 1.28 bits per heavy atom. The van der Waals surface area contributed by atoms with Gasteiger partial charge < -0.3 is 0 Å². The van der Waals surface area contributed by atoms with Crippen LogP contribution in [0.2, 0.25) is 0 Å². The Kier molecular flexibility index (Phi) is 5.86. The molecule has 0 nitrogen and oxygen atoms in total. The number of allylic oxidation sites excluding steroid dienone is 4. The van der Waals surface area contributed by atoms with Crippen molar-refractivity contribution < 1.29 is 38.2 Å².